The third kappa shape index (κ3) is 4.79. The zero-order valence-corrected chi connectivity index (χ0v) is 19.7. The second-order valence-electron chi connectivity index (χ2n) is 8.80. The first-order chi connectivity index (χ1) is 16.5. The maximum Gasteiger partial charge on any atom is 0.309 e. The molecule has 0 radical (unpaired) electrons. The minimum Gasteiger partial charge on any atom is -0.461 e. The molecule has 0 amide bonds. The van der Waals surface area contributed by atoms with Crippen LogP contribution in [0.3, 0.4) is 0 Å². The summed E-state index contributed by atoms with van der Waals surface area (Å²) in [5.41, 5.74) is 3.96. The number of hydrogen-bond acceptors (Lipinski definition) is 5. The highest BCUT2D eigenvalue weighted by atomic mass is 32.2. The van der Waals surface area contributed by atoms with Crippen LogP contribution in [0, 0.1) is 0 Å². The van der Waals surface area contributed by atoms with E-state index in [-0.39, 0.29) is 18.5 Å². The van der Waals surface area contributed by atoms with Crippen molar-refractivity contribution in [2.24, 2.45) is 0 Å². The highest BCUT2D eigenvalue weighted by molar-refractivity contribution is 7.99. The summed E-state index contributed by atoms with van der Waals surface area (Å²) in [4.78, 5) is 17.1. The smallest absolute Gasteiger partial charge is 0.309 e. The first-order valence-corrected chi connectivity index (χ1v) is 12.3. The summed E-state index contributed by atoms with van der Waals surface area (Å²) in [5.74, 6) is 0.150. The minimum atomic E-state index is -1.04. The molecule has 34 heavy (non-hydrogen) atoms. The number of ether oxygens (including phenoxy) is 1. The molecule has 1 N–H and O–H groups in total. The van der Waals surface area contributed by atoms with Gasteiger partial charge in [0, 0.05) is 29.0 Å². The zero-order chi connectivity index (χ0) is 23.5. The Kier molecular flexibility index (Phi) is 6.26. The molecule has 4 aromatic rings. The number of carbonyl (C=O) groups is 1. The Bertz CT molecular complexity index is 1270. The Hall–Kier alpha value is -3.35. The van der Waals surface area contributed by atoms with Gasteiger partial charge >= 0.3 is 5.97 Å². The average molecular weight is 471 g/mol. The standard InChI is InChI=1S/C28H26N2O3S/c1-28(32)17-23(33-24(31)18-28)19-34-27-29-25(20-11-5-2-6-12-20)26(21-13-7-3-8-14-21)30(27)22-15-9-4-10-16-22/h2-16,23,32H,17-19H2,1H3/t23-,28-/m0/s1. The maximum absolute atomic E-state index is 12.0. The third-order valence-corrected chi connectivity index (χ3v) is 6.92. The molecule has 1 saturated heterocycles. The van der Waals surface area contributed by atoms with E-state index in [0.717, 1.165) is 33.4 Å². The predicted octanol–water partition coefficient (Wildman–Crippen LogP) is 5.76. The number of aromatic nitrogens is 2. The van der Waals surface area contributed by atoms with Gasteiger partial charge in [0.05, 0.1) is 23.4 Å². The molecule has 1 aliphatic rings. The molecule has 0 saturated carbocycles. The molecule has 6 heteroatoms. The molecule has 5 rings (SSSR count). The van der Waals surface area contributed by atoms with Gasteiger partial charge in [0.1, 0.15) is 6.10 Å². The first-order valence-electron chi connectivity index (χ1n) is 11.3. The number of cyclic esters (lactones) is 1. The number of thioether (sulfide) groups is 1. The molecule has 0 unspecified atom stereocenters. The molecular formula is C28H26N2O3S. The van der Waals surface area contributed by atoms with Crippen molar-refractivity contribution in [1.82, 2.24) is 9.55 Å². The molecule has 2 heterocycles. The van der Waals surface area contributed by atoms with Crippen LogP contribution >= 0.6 is 11.8 Å². The molecule has 172 valence electrons. The van der Waals surface area contributed by atoms with Crippen LogP contribution in [0.1, 0.15) is 19.8 Å². The van der Waals surface area contributed by atoms with Crippen molar-refractivity contribution in [3.05, 3.63) is 91.0 Å². The molecule has 3 aromatic carbocycles. The lowest BCUT2D eigenvalue weighted by atomic mass is 9.93. The Labute approximate surface area is 203 Å². The van der Waals surface area contributed by atoms with Gasteiger partial charge in [0.25, 0.3) is 0 Å². The summed E-state index contributed by atoms with van der Waals surface area (Å²) in [6, 6.07) is 30.6. The highest BCUT2D eigenvalue weighted by Gasteiger charge is 2.36. The fourth-order valence-corrected chi connectivity index (χ4v) is 5.38. The summed E-state index contributed by atoms with van der Waals surface area (Å²) >= 11 is 1.54. The molecule has 0 aliphatic carbocycles. The number of imidazole rings is 1. The second kappa shape index (κ2) is 9.49. The van der Waals surface area contributed by atoms with Crippen molar-refractivity contribution < 1.29 is 14.6 Å². The van der Waals surface area contributed by atoms with Crippen molar-refractivity contribution in [2.75, 3.05) is 5.75 Å². The number of para-hydroxylation sites is 1. The summed E-state index contributed by atoms with van der Waals surface area (Å²) in [6.45, 7) is 1.69. The van der Waals surface area contributed by atoms with Gasteiger partial charge in [0.15, 0.2) is 5.16 Å². The molecule has 5 nitrogen and oxygen atoms in total. The van der Waals surface area contributed by atoms with Crippen LogP contribution in [0.5, 0.6) is 0 Å². The lowest BCUT2D eigenvalue weighted by Crippen LogP contribution is -2.42. The molecule has 1 aliphatic heterocycles. The summed E-state index contributed by atoms with van der Waals surface area (Å²) in [5, 5.41) is 11.3. The average Bonchev–Trinajstić information content (AvgIpc) is 3.23. The predicted molar refractivity (Wildman–Crippen MR) is 135 cm³/mol. The number of carbonyl (C=O) groups excluding carboxylic acids is 1. The first kappa shape index (κ1) is 22.4. The molecule has 1 aromatic heterocycles. The molecule has 1 fully saturated rings. The maximum atomic E-state index is 12.0. The Balaban J connectivity index is 1.61. The van der Waals surface area contributed by atoms with Gasteiger partial charge in [-0.1, -0.05) is 90.6 Å². The van der Waals surface area contributed by atoms with Crippen LogP contribution < -0.4 is 0 Å². The van der Waals surface area contributed by atoms with Crippen molar-refractivity contribution in [1.29, 1.82) is 0 Å². The van der Waals surface area contributed by atoms with E-state index in [0.29, 0.717) is 12.2 Å². The second-order valence-corrected chi connectivity index (χ2v) is 9.78. The summed E-state index contributed by atoms with van der Waals surface area (Å²) in [7, 11) is 0. The number of benzene rings is 3. The quantitative estimate of drug-likeness (QED) is 0.287. The van der Waals surface area contributed by atoms with Gasteiger partial charge in [-0.2, -0.15) is 0 Å². The van der Waals surface area contributed by atoms with Crippen LogP contribution in [0.4, 0.5) is 0 Å². The fraction of sp³-hybridized carbons (Fsp3) is 0.214. The Morgan fingerprint density at radius 1 is 0.971 bits per heavy atom. The Morgan fingerprint density at radius 2 is 1.56 bits per heavy atom. The van der Waals surface area contributed by atoms with Crippen molar-refractivity contribution in [3.63, 3.8) is 0 Å². The van der Waals surface area contributed by atoms with E-state index in [1.165, 1.54) is 11.8 Å². The lowest BCUT2D eigenvalue weighted by molar-refractivity contribution is -0.165. The van der Waals surface area contributed by atoms with Crippen LogP contribution in [0.25, 0.3) is 28.2 Å². The molecule has 2 atom stereocenters. The zero-order valence-electron chi connectivity index (χ0n) is 18.9. The third-order valence-electron chi connectivity index (χ3n) is 5.84. The van der Waals surface area contributed by atoms with Crippen molar-refractivity contribution in [2.45, 2.75) is 36.6 Å². The van der Waals surface area contributed by atoms with E-state index in [4.69, 9.17) is 9.72 Å². The van der Waals surface area contributed by atoms with Gasteiger partial charge in [-0.3, -0.25) is 9.36 Å². The van der Waals surface area contributed by atoms with Gasteiger partial charge in [-0.15, -0.1) is 0 Å². The lowest BCUT2D eigenvalue weighted by Gasteiger charge is -2.32. The van der Waals surface area contributed by atoms with Crippen molar-refractivity contribution in [3.8, 4) is 28.2 Å². The van der Waals surface area contributed by atoms with Gasteiger partial charge in [0.2, 0.25) is 0 Å². The SMILES string of the molecule is C[C@@]1(O)CC(=O)O[C@H](CSc2nc(-c3ccccc3)c(-c3ccccc3)n2-c2ccccc2)C1. The van der Waals surface area contributed by atoms with Crippen LogP contribution in [-0.4, -0.2) is 38.1 Å². The van der Waals surface area contributed by atoms with E-state index in [1.54, 1.807) is 6.92 Å². The topological polar surface area (TPSA) is 64.3 Å². The molecule has 0 bridgehead atoms. The largest absolute Gasteiger partial charge is 0.461 e. The van der Waals surface area contributed by atoms with E-state index >= 15 is 0 Å². The number of esters is 1. The number of aliphatic hydroxyl groups is 1. The van der Waals surface area contributed by atoms with Crippen molar-refractivity contribution >= 4 is 17.7 Å². The summed E-state index contributed by atoms with van der Waals surface area (Å²) in [6.07, 6.45) is 0.0698. The van der Waals surface area contributed by atoms with E-state index in [9.17, 15) is 9.90 Å². The van der Waals surface area contributed by atoms with E-state index in [2.05, 4.69) is 41.0 Å². The highest BCUT2D eigenvalue weighted by Crippen LogP contribution is 2.39. The summed E-state index contributed by atoms with van der Waals surface area (Å²) < 4.78 is 7.71. The van der Waals surface area contributed by atoms with Gasteiger partial charge < -0.3 is 9.84 Å². The van der Waals surface area contributed by atoms with Crippen LogP contribution in [0.2, 0.25) is 0 Å². The minimum absolute atomic E-state index is 0.0309. The number of rotatable bonds is 6. The van der Waals surface area contributed by atoms with Crippen LogP contribution in [-0.2, 0) is 9.53 Å². The normalized spacial score (nSPS) is 20.2. The van der Waals surface area contributed by atoms with Gasteiger partial charge in [-0.05, 0) is 19.1 Å². The Morgan fingerprint density at radius 3 is 2.18 bits per heavy atom. The van der Waals surface area contributed by atoms with Crippen LogP contribution in [0.15, 0.2) is 96.2 Å². The van der Waals surface area contributed by atoms with Gasteiger partial charge in [-0.25, -0.2) is 4.98 Å². The fourth-order valence-electron chi connectivity index (χ4n) is 4.38. The van der Waals surface area contributed by atoms with E-state index < -0.39 is 5.60 Å². The monoisotopic (exact) mass is 470 g/mol. The number of nitrogens with zero attached hydrogens (tertiary/aromatic N) is 2. The number of hydrogen-bond donors (Lipinski definition) is 1. The molecule has 0 spiro atoms. The molecular weight excluding hydrogens is 444 g/mol. The van der Waals surface area contributed by atoms with E-state index in [1.807, 2.05) is 54.6 Å².